The molecule has 0 aromatic heterocycles. The fraction of sp³-hybridized carbons (Fsp3) is 0.625. The summed E-state index contributed by atoms with van der Waals surface area (Å²) in [5, 5.41) is 3.24. The molecule has 1 aromatic carbocycles. The van der Waals surface area contributed by atoms with Crippen molar-refractivity contribution < 1.29 is 13.9 Å². The molecule has 0 aliphatic carbocycles. The molecule has 1 aliphatic heterocycles. The number of rotatable bonds is 7. The minimum Gasteiger partial charge on any atom is -0.381 e. The van der Waals surface area contributed by atoms with Crippen molar-refractivity contribution in [1.82, 2.24) is 5.32 Å². The summed E-state index contributed by atoms with van der Waals surface area (Å²) in [6, 6.07) is 5.24. The van der Waals surface area contributed by atoms with E-state index in [1.165, 1.54) is 6.07 Å². The van der Waals surface area contributed by atoms with Crippen LogP contribution in [0.2, 0.25) is 0 Å². The molecule has 4 heteroatoms. The SMILES string of the molecule is CCNCc1ccc(F)c(COCC2CCOCC2)c1. The van der Waals surface area contributed by atoms with Crippen molar-refractivity contribution in [3.8, 4) is 0 Å². The van der Waals surface area contributed by atoms with E-state index in [0.29, 0.717) is 24.7 Å². The lowest BCUT2D eigenvalue weighted by Crippen LogP contribution is -2.20. The molecule has 2 rings (SSSR count). The predicted octanol–water partition coefficient (Wildman–Crippen LogP) is 2.88. The van der Waals surface area contributed by atoms with E-state index < -0.39 is 0 Å². The van der Waals surface area contributed by atoms with Gasteiger partial charge in [-0.2, -0.15) is 0 Å². The Hall–Kier alpha value is -0.970. The molecule has 1 N–H and O–H groups in total. The fourth-order valence-electron chi connectivity index (χ4n) is 2.37. The van der Waals surface area contributed by atoms with Gasteiger partial charge in [-0.1, -0.05) is 13.0 Å². The van der Waals surface area contributed by atoms with Crippen LogP contribution in [0, 0.1) is 11.7 Å². The molecule has 112 valence electrons. The Morgan fingerprint density at radius 2 is 2.15 bits per heavy atom. The van der Waals surface area contributed by atoms with E-state index in [-0.39, 0.29) is 5.82 Å². The van der Waals surface area contributed by atoms with E-state index in [1.54, 1.807) is 0 Å². The van der Waals surface area contributed by atoms with Crippen molar-refractivity contribution >= 4 is 0 Å². The number of halogens is 1. The summed E-state index contributed by atoms with van der Waals surface area (Å²) < 4.78 is 24.7. The van der Waals surface area contributed by atoms with Crippen LogP contribution < -0.4 is 5.32 Å². The van der Waals surface area contributed by atoms with Gasteiger partial charge < -0.3 is 14.8 Å². The topological polar surface area (TPSA) is 30.5 Å². The molecule has 0 amide bonds. The van der Waals surface area contributed by atoms with Gasteiger partial charge in [0.05, 0.1) is 13.2 Å². The number of ether oxygens (including phenoxy) is 2. The highest BCUT2D eigenvalue weighted by atomic mass is 19.1. The molecular weight excluding hydrogens is 257 g/mol. The third-order valence-corrected chi connectivity index (χ3v) is 3.64. The minimum absolute atomic E-state index is 0.183. The highest BCUT2D eigenvalue weighted by molar-refractivity contribution is 5.24. The van der Waals surface area contributed by atoms with Crippen LogP contribution in [0.1, 0.15) is 30.9 Å². The van der Waals surface area contributed by atoms with Crippen molar-refractivity contribution in [3.63, 3.8) is 0 Å². The Labute approximate surface area is 120 Å². The van der Waals surface area contributed by atoms with Crippen LogP contribution in [0.4, 0.5) is 4.39 Å². The second kappa shape index (κ2) is 8.35. The lowest BCUT2D eigenvalue weighted by Gasteiger charge is -2.21. The summed E-state index contributed by atoms with van der Waals surface area (Å²) in [6.07, 6.45) is 2.09. The van der Waals surface area contributed by atoms with Crippen LogP contribution in [0.3, 0.4) is 0 Å². The monoisotopic (exact) mass is 281 g/mol. The van der Waals surface area contributed by atoms with Gasteiger partial charge >= 0.3 is 0 Å². The lowest BCUT2D eigenvalue weighted by atomic mass is 10.0. The maximum absolute atomic E-state index is 13.7. The molecule has 1 saturated heterocycles. The molecule has 20 heavy (non-hydrogen) atoms. The fourth-order valence-corrected chi connectivity index (χ4v) is 2.37. The standard InChI is InChI=1S/C16H24FNO2/c1-2-18-10-14-3-4-16(17)15(9-14)12-20-11-13-5-7-19-8-6-13/h3-4,9,13,18H,2,5-8,10-12H2,1H3. The normalized spacial score (nSPS) is 16.5. The molecule has 1 aromatic rings. The van der Waals surface area contributed by atoms with E-state index in [2.05, 4.69) is 12.2 Å². The Bertz CT molecular complexity index is 405. The van der Waals surface area contributed by atoms with Gasteiger partial charge in [0.2, 0.25) is 0 Å². The molecule has 0 atom stereocenters. The van der Waals surface area contributed by atoms with E-state index in [0.717, 1.165) is 44.7 Å². The third kappa shape index (κ3) is 4.85. The molecule has 0 saturated carbocycles. The first-order valence-corrected chi connectivity index (χ1v) is 7.43. The van der Waals surface area contributed by atoms with Gasteiger partial charge in [0, 0.05) is 25.3 Å². The second-order valence-corrected chi connectivity index (χ2v) is 5.28. The molecule has 0 radical (unpaired) electrons. The van der Waals surface area contributed by atoms with Crippen LogP contribution in [-0.4, -0.2) is 26.4 Å². The Balaban J connectivity index is 1.81. The zero-order valence-corrected chi connectivity index (χ0v) is 12.2. The predicted molar refractivity (Wildman–Crippen MR) is 77.0 cm³/mol. The number of hydrogen-bond acceptors (Lipinski definition) is 3. The van der Waals surface area contributed by atoms with Gasteiger partial charge in [-0.25, -0.2) is 4.39 Å². The zero-order chi connectivity index (χ0) is 14.2. The van der Waals surface area contributed by atoms with Crippen LogP contribution >= 0.6 is 0 Å². The van der Waals surface area contributed by atoms with Gasteiger partial charge in [0.15, 0.2) is 0 Å². The van der Waals surface area contributed by atoms with Crippen LogP contribution in [0.25, 0.3) is 0 Å². The molecular formula is C16H24FNO2. The number of nitrogens with one attached hydrogen (secondary N) is 1. The molecule has 3 nitrogen and oxygen atoms in total. The maximum Gasteiger partial charge on any atom is 0.128 e. The van der Waals surface area contributed by atoms with Crippen molar-refractivity contribution in [2.75, 3.05) is 26.4 Å². The van der Waals surface area contributed by atoms with Gasteiger partial charge in [0.25, 0.3) is 0 Å². The van der Waals surface area contributed by atoms with Gasteiger partial charge in [0.1, 0.15) is 5.82 Å². The molecule has 1 heterocycles. The van der Waals surface area contributed by atoms with E-state index in [1.807, 2.05) is 12.1 Å². The van der Waals surface area contributed by atoms with E-state index >= 15 is 0 Å². The Morgan fingerprint density at radius 1 is 1.35 bits per heavy atom. The van der Waals surface area contributed by atoms with Crippen molar-refractivity contribution in [1.29, 1.82) is 0 Å². The summed E-state index contributed by atoms with van der Waals surface area (Å²) in [5.74, 6) is 0.369. The largest absolute Gasteiger partial charge is 0.381 e. The molecule has 0 spiro atoms. The zero-order valence-electron chi connectivity index (χ0n) is 12.2. The number of benzene rings is 1. The molecule has 1 fully saturated rings. The Morgan fingerprint density at radius 3 is 2.90 bits per heavy atom. The average molecular weight is 281 g/mol. The summed E-state index contributed by atoms with van der Waals surface area (Å²) >= 11 is 0. The summed E-state index contributed by atoms with van der Waals surface area (Å²) in [7, 11) is 0. The highest BCUT2D eigenvalue weighted by Crippen LogP contribution is 2.17. The molecule has 1 aliphatic rings. The summed E-state index contributed by atoms with van der Waals surface area (Å²) in [5.41, 5.74) is 1.74. The first-order valence-electron chi connectivity index (χ1n) is 7.43. The van der Waals surface area contributed by atoms with Crippen LogP contribution in [-0.2, 0) is 22.6 Å². The van der Waals surface area contributed by atoms with Crippen molar-refractivity contribution in [2.24, 2.45) is 5.92 Å². The van der Waals surface area contributed by atoms with Gasteiger partial charge in [-0.3, -0.25) is 0 Å². The Kier molecular flexibility index (Phi) is 6.43. The molecule has 0 unspecified atom stereocenters. The van der Waals surface area contributed by atoms with Crippen LogP contribution in [0.15, 0.2) is 18.2 Å². The first kappa shape index (κ1) is 15.4. The third-order valence-electron chi connectivity index (χ3n) is 3.64. The van der Waals surface area contributed by atoms with Gasteiger partial charge in [-0.05, 0) is 43.0 Å². The minimum atomic E-state index is -0.183. The van der Waals surface area contributed by atoms with E-state index in [4.69, 9.17) is 9.47 Å². The van der Waals surface area contributed by atoms with Crippen molar-refractivity contribution in [3.05, 3.63) is 35.1 Å². The van der Waals surface area contributed by atoms with Gasteiger partial charge in [-0.15, -0.1) is 0 Å². The average Bonchev–Trinajstić information content (AvgIpc) is 2.49. The summed E-state index contributed by atoms with van der Waals surface area (Å²) in [6.45, 7) is 6.42. The quantitative estimate of drug-likeness (QED) is 0.833. The lowest BCUT2D eigenvalue weighted by molar-refractivity contribution is 0.0151. The van der Waals surface area contributed by atoms with Crippen LogP contribution in [0.5, 0.6) is 0 Å². The second-order valence-electron chi connectivity index (χ2n) is 5.28. The summed E-state index contributed by atoms with van der Waals surface area (Å²) in [4.78, 5) is 0. The van der Waals surface area contributed by atoms with E-state index in [9.17, 15) is 4.39 Å². The molecule has 0 bridgehead atoms. The highest BCUT2D eigenvalue weighted by Gasteiger charge is 2.14. The smallest absolute Gasteiger partial charge is 0.128 e. The number of hydrogen-bond donors (Lipinski definition) is 1. The van der Waals surface area contributed by atoms with Crippen molar-refractivity contribution in [2.45, 2.75) is 32.9 Å². The first-order chi connectivity index (χ1) is 9.79. The maximum atomic E-state index is 13.7.